The zero-order valence-corrected chi connectivity index (χ0v) is 23.2. The van der Waals surface area contributed by atoms with E-state index in [1.165, 1.54) is 0 Å². The summed E-state index contributed by atoms with van der Waals surface area (Å²) in [4.78, 5) is 29.6. The van der Waals surface area contributed by atoms with Gasteiger partial charge in [0.05, 0.1) is 51.8 Å². The van der Waals surface area contributed by atoms with E-state index in [0.717, 1.165) is 11.1 Å². The van der Waals surface area contributed by atoms with E-state index >= 15 is 0 Å². The first-order valence-corrected chi connectivity index (χ1v) is 13.6. The average molecular weight is 543 g/mol. The molecule has 2 atom stereocenters. The Balaban J connectivity index is 1.60. The second kappa shape index (κ2) is 17.7. The zero-order chi connectivity index (χ0) is 27.7. The number of carbonyl (C=O) groups is 2. The van der Waals surface area contributed by atoms with E-state index in [-0.39, 0.29) is 37.2 Å². The van der Waals surface area contributed by atoms with Crippen LogP contribution in [0.1, 0.15) is 25.0 Å². The molecule has 1 fully saturated rings. The monoisotopic (exact) mass is 542 g/mol. The fraction of sp³-hybridized carbons (Fsp3) is 0.533. The molecule has 214 valence electrons. The lowest BCUT2D eigenvalue weighted by atomic mass is 10.2. The molecule has 2 aromatic carbocycles. The highest BCUT2D eigenvalue weighted by Crippen LogP contribution is 2.10. The second-order valence-corrected chi connectivity index (χ2v) is 9.47. The molecule has 0 aromatic heterocycles. The van der Waals surface area contributed by atoms with Crippen LogP contribution >= 0.6 is 0 Å². The third-order valence-electron chi connectivity index (χ3n) is 6.49. The lowest BCUT2D eigenvalue weighted by molar-refractivity contribution is -0.148. The minimum Gasteiger partial charge on any atom is -0.377 e. The summed E-state index contributed by atoms with van der Waals surface area (Å²) in [7, 11) is 0. The van der Waals surface area contributed by atoms with E-state index in [4.69, 9.17) is 23.7 Å². The molecule has 0 aliphatic carbocycles. The van der Waals surface area contributed by atoms with Crippen molar-refractivity contribution in [3.05, 3.63) is 71.8 Å². The molecule has 1 heterocycles. The van der Waals surface area contributed by atoms with Gasteiger partial charge in [-0.1, -0.05) is 60.7 Å². The van der Waals surface area contributed by atoms with E-state index in [1.54, 1.807) is 9.80 Å². The Bertz CT molecular complexity index is 883. The molecule has 2 aromatic rings. The molecular weight excluding hydrogens is 500 g/mol. The first-order chi connectivity index (χ1) is 19.0. The van der Waals surface area contributed by atoms with E-state index in [0.29, 0.717) is 65.8 Å². The van der Waals surface area contributed by atoms with Crippen molar-refractivity contribution >= 4 is 11.8 Å². The van der Waals surface area contributed by atoms with Crippen molar-refractivity contribution in [1.82, 2.24) is 9.80 Å². The SMILES string of the molecule is CC1OCC(=O)N(Cc2ccccc2)CCOCCOCCOCCN(Cc2ccccc2)C(=O)COC1C. The van der Waals surface area contributed by atoms with Crippen LogP contribution in [0.15, 0.2) is 60.7 Å². The second-order valence-electron chi connectivity index (χ2n) is 9.47. The zero-order valence-electron chi connectivity index (χ0n) is 23.2. The number of benzene rings is 2. The van der Waals surface area contributed by atoms with Gasteiger partial charge in [-0.15, -0.1) is 0 Å². The molecule has 9 nitrogen and oxygen atoms in total. The predicted octanol–water partition coefficient (Wildman–Crippen LogP) is 2.92. The normalized spacial score (nSPS) is 22.3. The Kier molecular flexibility index (Phi) is 13.9. The maximum Gasteiger partial charge on any atom is 0.248 e. The largest absolute Gasteiger partial charge is 0.377 e. The number of nitrogens with zero attached hydrogens (tertiary/aromatic N) is 2. The van der Waals surface area contributed by atoms with Crippen LogP contribution in [0, 0.1) is 0 Å². The van der Waals surface area contributed by atoms with Gasteiger partial charge in [-0.05, 0) is 25.0 Å². The Morgan fingerprint density at radius 1 is 0.590 bits per heavy atom. The summed E-state index contributed by atoms with van der Waals surface area (Å²) in [5.74, 6) is -0.267. The molecule has 0 N–H and O–H groups in total. The average Bonchev–Trinajstić information content (AvgIpc) is 2.96. The van der Waals surface area contributed by atoms with Crippen LogP contribution in [-0.4, -0.2) is 99.8 Å². The first kappa shape index (κ1) is 30.7. The van der Waals surface area contributed by atoms with Gasteiger partial charge in [0.15, 0.2) is 0 Å². The molecule has 2 amide bonds. The van der Waals surface area contributed by atoms with Gasteiger partial charge in [0.2, 0.25) is 11.8 Å². The molecule has 0 saturated carbocycles. The first-order valence-electron chi connectivity index (χ1n) is 13.6. The predicted molar refractivity (Wildman–Crippen MR) is 147 cm³/mol. The van der Waals surface area contributed by atoms with Crippen molar-refractivity contribution in [3.63, 3.8) is 0 Å². The van der Waals surface area contributed by atoms with Crippen LogP contribution < -0.4 is 0 Å². The summed E-state index contributed by atoms with van der Waals surface area (Å²) in [6, 6.07) is 19.6. The maximum absolute atomic E-state index is 13.1. The van der Waals surface area contributed by atoms with Gasteiger partial charge in [-0.25, -0.2) is 0 Å². The van der Waals surface area contributed by atoms with Crippen molar-refractivity contribution in [2.24, 2.45) is 0 Å². The van der Waals surface area contributed by atoms with Gasteiger partial charge >= 0.3 is 0 Å². The van der Waals surface area contributed by atoms with Crippen LogP contribution in [0.2, 0.25) is 0 Å². The molecule has 1 aliphatic heterocycles. The van der Waals surface area contributed by atoms with Crippen LogP contribution in [-0.2, 0) is 46.4 Å². The number of hydrogen-bond donors (Lipinski definition) is 0. The molecule has 3 rings (SSSR count). The number of amides is 2. The quantitative estimate of drug-likeness (QED) is 0.587. The van der Waals surface area contributed by atoms with Crippen molar-refractivity contribution in [1.29, 1.82) is 0 Å². The van der Waals surface area contributed by atoms with E-state index in [2.05, 4.69) is 0 Å². The fourth-order valence-electron chi connectivity index (χ4n) is 3.94. The summed E-state index contributed by atoms with van der Waals surface area (Å²) >= 11 is 0. The van der Waals surface area contributed by atoms with Gasteiger partial charge in [0.1, 0.15) is 13.2 Å². The Hall–Kier alpha value is -2.82. The standard InChI is InChI=1S/C30H42N2O7/c1-25-26(2)39-24-30(34)32(22-28-11-7-4-8-12-28)14-16-36-18-20-37-19-17-35-15-13-31(29(33)23-38-25)21-27-9-5-3-6-10-27/h3-12,25-26H,13-24H2,1-2H3. The van der Waals surface area contributed by atoms with Gasteiger partial charge in [-0.2, -0.15) is 0 Å². The maximum atomic E-state index is 13.1. The van der Waals surface area contributed by atoms with Crippen LogP contribution in [0.25, 0.3) is 0 Å². The third-order valence-corrected chi connectivity index (χ3v) is 6.49. The van der Waals surface area contributed by atoms with Crippen LogP contribution in [0.5, 0.6) is 0 Å². The summed E-state index contributed by atoms with van der Waals surface area (Å²) in [6.07, 6.45) is -0.762. The number of rotatable bonds is 4. The van der Waals surface area contributed by atoms with Crippen molar-refractivity contribution in [2.75, 3.05) is 65.9 Å². The Morgan fingerprint density at radius 3 is 1.33 bits per heavy atom. The van der Waals surface area contributed by atoms with Gasteiger partial charge in [0, 0.05) is 26.2 Å². The highest BCUT2D eigenvalue weighted by atomic mass is 16.5. The highest BCUT2D eigenvalue weighted by molar-refractivity contribution is 5.78. The van der Waals surface area contributed by atoms with Crippen molar-refractivity contribution in [2.45, 2.75) is 39.1 Å². The molecule has 1 saturated heterocycles. The van der Waals surface area contributed by atoms with Crippen LogP contribution in [0.3, 0.4) is 0 Å². The molecule has 1 aliphatic rings. The van der Waals surface area contributed by atoms with E-state index < -0.39 is 0 Å². The molecule has 0 radical (unpaired) electrons. The highest BCUT2D eigenvalue weighted by Gasteiger charge is 2.21. The fourth-order valence-corrected chi connectivity index (χ4v) is 3.94. The number of ether oxygens (including phenoxy) is 5. The molecule has 9 heteroatoms. The lowest BCUT2D eigenvalue weighted by Gasteiger charge is -2.26. The summed E-state index contributed by atoms with van der Waals surface area (Å²) in [5.41, 5.74) is 2.06. The molecule has 0 bridgehead atoms. The van der Waals surface area contributed by atoms with Gasteiger partial charge < -0.3 is 33.5 Å². The van der Waals surface area contributed by atoms with Crippen LogP contribution in [0.4, 0.5) is 0 Å². The molecule has 0 spiro atoms. The van der Waals surface area contributed by atoms with Crippen molar-refractivity contribution in [3.8, 4) is 0 Å². The Labute approximate surface area is 231 Å². The number of hydrogen-bond acceptors (Lipinski definition) is 7. The number of carbonyl (C=O) groups excluding carboxylic acids is 2. The minimum atomic E-state index is -0.381. The lowest BCUT2D eigenvalue weighted by Crippen LogP contribution is -2.40. The van der Waals surface area contributed by atoms with E-state index in [9.17, 15) is 9.59 Å². The minimum absolute atomic E-state index is 0.0871. The summed E-state index contributed by atoms with van der Waals surface area (Å²) in [6.45, 7) is 7.83. The Morgan fingerprint density at radius 2 is 0.949 bits per heavy atom. The van der Waals surface area contributed by atoms with Gasteiger partial charge in [0.25, 0.3) is 0 Å². The third kappa shape index (κ3) is 11.8. The smallest absolute Gasteiger partial charge is 0.248 e. The van der Waals surface area contributed by atoms with Crippen molar-refractivity contribution < 1.29 is 33.3 Å². The molecular formula is C30H42N2O7. The van der Waals surface area contributed by atoms with E-state index in [1.807, 2.05) is 74.5 Å². The van der Waals surface area contributed by atoms with Gasteiger partial charge in [-0.3, -0.25) is 9.59 Å². The summed E-state index contributed by atoms with van der Waals surface area (Å²) in [5, 5.41) is 0. The molecule has 39 heavy (non-hydrogen) atoms. The topological polar surface area (TPSA) is 86.8 Å². The molecule has 2 unspecified atom stereocenters. The summed E-state index contributed by atoms with van der Waals surface area (Å²) < 4.78 is 28.7.